The highest BCUT2D eigenvalue weighted by atomic mass is 28.4. The normalized spacial score (nSPS) is 22.6. The van der Waals surface area contributed by atoms with E-state index in [2.05, 4.69) is 27.3 Å². The Balaban J connectivity index is 0.00000361. The van der Waals surface area contributed by atoms with Crippen LogP contribution in [0.15, 0.2) is 0 Å². The molecular formula is C14H30O4Si2. The molecule has 1 rings (SSSR count). The van der Waals surface area contributed by atoms with Crippen LogP contribution in [0, 0.1) is 0 Å². The van der Waals surface area contributed by atoms with Gasteiger partial charge in [0.05, 0.1) is 19.3 Å². The summed E-state index contributed by atoms with van der Waals surface area (Å²) in [5, 5.41) is 0. The minimum absolute atomic E-state index is 0. The Morgan fingerprint density at radius 1 is 1.20 bits per heavy atom. The molecule has 0 saturated carbocycles. The van der Waals surface area contributed by atoms with Gasteiger partial charge < -0.3 is 18.3 Å². The molecule has 2 unspecified atom stereocenters. The first-order chi connectivity index (χ1) is 9.02. The average molecular weight is 319 g/mol. The maximum absolute atomic E-state index is 6.32. The van der Waals surface area contributed by atoms with Crippen molar-refractivity contribution in [2.75, 3.05) is 19.8 Å². The quantitative estimate of drug-likeness (QED) is 0.645. The van der Waals surface area contributed by atoms with Gasteiger partial charge in [0, 0.05) is 24.0 Å². The number of rotatable bonds is 8. The summed E-state index contributed by atoms with van der Waals surface area (Å²) < 4.78 is 24.0. The van der Waals surface area contributed by atoms with Gasteiger partial charge in [0.15, 0.2) is 5.79 Å². The third-order valence-electron chi connectivity index (χ3n) is 3.67. The number of hydrogen-bond acceptors (Lipinski definition) is 4. The standard InChI is InChI=1S/C14H30O4Si.Si/c1-6-12-19(5,17-8-3)18-13(4)14(7-2)15-10-9-11-16-14;/h13H,6-12H2,1-5H3;. The average Bonchev–Trinajstić information content (AvgIpc) is 2.39. The molecule has 4 nitrogen and oxygen atoms in total. The zero-order valence-corrected chi connectivity index (χ0v) is 15.7. The van der Waals surface area contributed by atoms with Gasteiger partial charge in [-0.25, -0.2) is 0 Å². The second-order valence-electron chi connectivity index (χ2n) is 5.29. The van der Waals surface area contributed by atoms with Crippen LogP contribution in [0.2, 0.25) is 12.6 Å². The lowest BCUT2D eigenvalue weighted by Gasteiger charge is -2.43. The fraction of sp³-hybridized carbons (Fsp3) is 1.00. The van der Waals surface area contributed by atoms with Crippen molar-refractivity contribution in [3.8, 4) is 0 Å². The lowest BCUT2D eigenvalue weighted by atomic mass is 10.1. The predicted molar refractivity (Wildman–Crippen MR) is 84.2 cm³/mol. The van der Waals surface area contributed by atoms with Crippen LogP contribution in [-0.4, -0.2) is 51.2 Å². The highest BCUT2D eigenvalue weighted by Gasteiger charge is 2.44. The summed E-state index contributed by atoms with van der Waals surface area (Å²) in [6.45, 7) is 12.7. The molecule has 20 heavy (non-hydrogen) atoms. The molecule has 0 aromatic rings. The zero-order chi connectivity index (χ0) is 14.4. The first-order valence-corrected chi connectivity index (χ1v) is 10.1. The van der Waals surface area contributed by atoms with Crippen molar-refractivity contribution in [2.45, 2.75) is 71.4 Å². The zero-order valence-electron chi connectivity index (χ0n) is 13.7. The molecule has 0 spiro atoms. The molecule has 0 aromatic carbocycles. The van der Waals surface area contributed by atoms with Gasteiger partial charge in [-0.3, -0.25) is 0 Å². The van der Waals surface area contributed by atoms with Crippen molar-refractivity contribution < 1.29 is 18.3 Å². The van der Waals surface area contributed by atoms with Crippen LogP contribution < -0.4 is 0 Å². The van der Waals surface area contributed by atoms with E-state index < -0.39 is 14.3 Å². The lowest BCUT2D eigenvalue weighted by molar-refractivity contribution is -0.303. The van der Waals surface area contributed by atoms with E-state index in [9.17, 15) is 0 Å². The molecule has 0 bridgehead atoms. The van der Waals surface area contributed by atoms with Crippen LogP contribution in [-0.2, 0) is 18.3 Å². The molecule has 2 atom stereocenters. The molecule has 1 aliphatic heterocycles. The Morgan fingerprint density at radius 2 is 1.80 bits per heavy atom. The molecule has 118 valence electrons. The van der Waals surface area contributed by atoms with Gasteiger partial charge in [0.2, 0.25) is 0 Å². The van der Waals surface area contributed by atoms with Crippen LogP contribution in [0.5, 0.6) is 0 Å². The molecule has 1 aliphatic rings. The van der Waals surface area contributed by atoms with E-state index in [1.165, 1.54) is 0 Å². The monoisotopic (exact) mass is 318 g/mol. The first-order valence-electron chi connectivity index (χ1n) is 7.61. The molecule has 1 saturated heterocycles. The molecule has 4 radical (unpaired) electrons. The van der Waals surface area contributed by atoms with Crippen molar-refractivity contribution in [1.82, 2.24) is 0 Å². The Labute approximate surface area is 129 Å². The van der Waals surface area contributed by atoms with Crippen LogP contribution in [0.25, 0.3) is 0 Å². The molecule has 6 heteroatoms. The predicted octanol–water partition coefficient (Wildman–Crippen LogP) is 3.07. The summed E-state index contributed by atoms with van der Waals surface area (Å²) in [6.07, 6.45) is 2.75. The fourth-order valence-electron chi connectivity index (χ4n) is 2.71. The van der Waals surface area contributed by atoms with Gasteiger partial charge in [-0.05, 0) is 32.9 Å². The largest absolute Gasteiger partial charge is 0.395 e. The van der Waals surface area contributed by atoms with Gasteiger partial charge in [0.25, 0.3) is 0 Å². The summed E-state index contributed by atoms with van der Waals surface area (Å²) in [6, 6.07) is 1.00. The lowest BCUT2D eigenvalue weighted by Crippen LogP contribution is -2.54. The van der Waals surface area contributed by atoms with E-state index in [4.69, 9.17) is 18.3 Å². The molecule has 0 aliphatic carbocycles. The van der Waals surface area contributed by atoms with Gasteiger partial charge in [-0.2, -0.15) is 0 Å². The summed E-state index contributed by atoms with van der Waals surface area (Å²) in [4.78, 5) is 0. The molecule has 0 N–H and O–H groups in total. The Morgan fingerprint density at radius 3 is 2.25 bits per heavy atom. The summed E-state index contributed by atoms with van der Waals surface area (Å²) in [7, 11) is -2.12. The minimum atomic E-state index is -2.12. The van der Waals surface area contributed by atoms with Crippen molar-refractivity contribution in [2.24, 2.45) is 0 Å². The summed E-state index contributed by atoms with van der Waals surface area (Å²) in [5.41, 5.74) is 0. The molecule has 0 aromatic heterocycles. The van der Waals surface area contributed by atoms with E-state index in [0.29, 0.717) is 6.61 Å². The highest BCUT2D eigenvalue weighted by molar-refractivity contribution is 6.66. The van der Waals surface area contributed by atoms with E-state index in [1.807, 2.05) is 6.92 Å². The van der Waals surface area contributed by atoms with E-state index in [-0.39, 0.29) is 17.1 Å². The smallest absolute Gasteiger partial charge is 0.335 e. The SMILES string of the molecule is CCC[Si](C)(OCC)OC(C)C1(CC)OCCCO1.[Si]. The maximum atomic E-state index is 6.32. The third kappa shape index (κ3) is 5.23. The second kappa shape index (κ2) is 9.32. The Kier molecular flexibility index (Phi) is 9.45. The van der Waals surface area contributed by atoms with Crippen LogP contribution in [0.3, 0.4) is 0 Å². The van der Waals surface area contributed by atoms with E-state index >= 15 is 0 Å². The minimum Gasteiger partial charge on any atom is -0.395 e. The maximum Gasteiger partial charge on any atom is 0.335 e. The number of ether oxygens (including phenoxy) is 2. The van der Waals surface area contributed by atoms with Crippen LogP contribution >= 0.6 is 0 Å². The molecule has 1 fully saturated rings. The second-order valence-corrected chi connectivity index (χ2v) is 8.58. The number of hydrogen-bond donors (Lipinski definition) is 0. The summed E-state index contributed by atoms with van der Waals surface area (Å²) >= 11 is 0. The van der Waals surface area contributed by atoms with Crippen molar-refractivity contribution >= 4 is 19.5 Å². The molecular weight excluding hydrogens is 288 g/mol. The third-order valence-corrected chi connectivity index (χ3v) is 6.83. The summed E-state index contributed by atoms with van der Waals surface area (Å²) in [5.74, 6) is -0.586. The Hall–Kier alpha value is 0.274. The van der Waals surface area contributed by atoms with Gasteiger partial charge in [-0.1, -0.05) is 20.3 Å². The Bertz CT molecular complexity index is 252. The van der Waals surface area contributed by atoms with Crippen molar-refractivity contribution in [1.29, 1.82) is 0 Å². The van der Waals surface area contributed by atoms with Gasteiger partial charge in [-0.15, -0.1) is 0 Å². The van der Waals surface area contributed by atoms with E-state index in [1.54, 1.807) is 0 Å². The van der Waals surface area contributed by atoms with Gasteiger partial charge in [0.1, 0.15) is 0 Å². The van der Waals surface area contributed by atoms with Crippen molar-refractivity contribution in [3.63, 3.8) is 0 Å². The fourth-order valence-corrected chi connectivity index (χ4v) is 5.48. The van der Waals surface area contributed by atoms with Crippen molar-refractivity contribution in [3.05, 3.63) is 0 Å². The van der Waals surface area contributed by atoms with Gasteiger partial charge >= 0.3 is 8.56 Å². The first kappa shape index (κ1) is 20.3. The molecule has 0 amide bonds. The van der Waals surface area contributed by atoms with Crippen LogP contribution in [0.4, 0.5) is 0 Å². The highest BCUT2D eigenvalue weighted by Crippen LogP contribution is 2.31. The van der Waals surface area contributed by atoms with E-state index in [0.717, 1.165) is 38.5 Å². The molecule has 1 heterocycles. The van der Waals surface area contributed by atoms with Crippen LogP contribution in [0.1, 0.15) is 47.0 Å². The topological polar surface area (TPSA) is 36.9 Å².